The maximum atomic E-state index is 11.7. The number of hydrogen-bond donors (Lipinski definition) is 0. The summed E-state index contributed by atoms with van der Waals surface area (Å²) in [6.45, 7) is 4.59. The standard InChI is InChI=1S/C11H17NO3.ClH/c1-4-5-6-12-8(2)10(14)11(15-3)9(12)7-13;/h8,11H,4-6H2,1-3H3;1H. The van der Waals surface area contributed by atoms with Crippen molar-refractivity contribution in [3.63, 3.8) is 0 Å². The van der Waals surface area contributed by atoms with Gasteiger partial charge in [-0.05, 0) is 13.3 Å². The lowest BCUT2D eigenvalue weighted by Gasteiger charge is -2.21. The molecule has 1 fully saturated rings. The molecular weight excluding hydrogens is 230 g/mol. The van der Waals surface area contributed by atoms with E-state index in [1.807, 2.05) is 5.94 Å². The van der Waals surface area contributed by atoms with Crippen molar-refractivity contribution in [2.45, 2.75) is 38.8 Å². The lowest BCUT2D eigenvalue weighted by atomic mass is 10.2. The second kappa shape index (κ2) is 6.69. The molecule has 0 bridgehead atoms. The number of hydrogen-bond acceptors (Lipinski definition) is 4. The molecule has 92 valence electrons. The molecule has 0 aliphatic carbocycles. The van der Waals surface area contributed by atoms with Crippen molar-refractivity contribution in [2.75, 3.05) is 13.7 Å². The average molecular weight is 248 g/mol. The Hall–Kier alpha value is -0.830. The Morgan fingerprint density at radius 3 is 2.56 bits per heavy atom. The molecule has 0 saturated carbocycles. The second-order valence-corrected chi connectivity index (χ2v) is 3.73. The topological polar surface area (TPSA) is 46.6 Å². The van der Waals surface area contributed by atoms with Gasteiger partial charge < -0.3 is 9.64 Å². The minimum Gasteiger partial charge on any atom is -0.366 e. The third-order valence-corrected chi connectivity index (χ3v) is 2.79. The van der Waals surface area contributed by atoms with Gasteiger partial charge in [-0.1, -0.05) is 13.3 Å². The normalized spacial score (nSPS) is 24.3. The first-order valence-corrected chi connectivity index (χ1v) is 5.25. The SMILES string of the molecule is CCCCN1C(=C=O)C(OC)C(=O)C1C.Cl. The van der Waals surface area contributed by atoms with Crippen LogP contribution in [0.3, 0.4) is 0 Å². The summed E-state index contributed by atoms with van der Waals surface area (Å²) in [4.78, 5) is 24.3. The van der Waals surface area contributed by atoms with Crippen LogP contribution in [0.5, 0.6) is 0 Å². The third kappa shape index (κ3) is 2.64. The quantitative estimate of drug-likeness (QED) is 0.701. The van der Waals surface area contributed by atoms with Gasteiger partial charge in [-0.2, -0.15) is 0 Å². The van der Waals surface area contributed by atoms with E-state index in [2.05, 4.69) is 6.92 Å². The van der Waals surface area contributed by atoms with E-state index in [0.29, 0.717) is 12.2 Å². The van der Waals surface area contributed by atoms with Crippen molar-refractivity contribution < 1.29 is 14.3 Å². The monoisotopic (exact) mass is 247 g/mol. The zero-order valence-electron chi connectivity index (χ0n) is 9.86. The van der Waals surface area contributed by atoms with Crippen LogP contribution in [0.2, 0.25) is 0 Å². The van der Waals surface area contributed by atoms with E-state index in [0.717, 1.165) is 12.8 Å². The van der Waals surface area contributed by atoms with E-state index in [4.69, 9.17) is 4.74 Å². The van der Waals surface area contributed by atoms with Crippen molar-refractivity contribution in [3.8, 4) is 0 Å². The maximum absolute atomic E-state index is 11.7. The second-order valence-electron chi connectivity index (χ2n) is 3.73. The summed E-state index contributed by atoms with van der Waals surface area (Å²) in [5, 5.41) is 0. The van der Waals surface area contributed by atoms with Crippen molar-refractivity contribution >= 4 is 24.1 Å². The summed E-state index contributed by atoms with van der Waals surface area (Å²) in [6, 6.07) is -0.266. The lowest BCUT2D eigenvalue weighted by molar-refractivity contribution is -0.126. The third-order valence-electron chi connectivity index (χ3n) is 2.79. The molecule has 1 aliphatic rings. The largest absolute Gasteiger partial charge is 0.366 e. The Bertz CT molecular complexity index is 300. The number of ether oxygens (including phenoxy) is 1. The van der Waals surface area contributed by atoms with Crippen LogP contribution in [-0.4, -0.2) is 42.4 Å². The Labute approximate surface area is 102 Å². The highest BCUT2D eigenvalue weighted by Gasteiger charge is 2.42. The molecule has 1 rings (SSSR count). The number of unbranched alkanes of at least 4 members (excludes halogenated alkanes) is 1. The molecule has 0 N–H and O–H groups in total. The molecule has 0 aromatic heterocycles. The van der Waals surface area contributed by atoms with Crippen LogP contribution in [0.25, 0.3) is 0 Å². The Kier molecular flexibility index (Phi) is 6.34. The van der Waals surface area contributed by atoms with Gasteiger partial charge in [-0.3, -0.25) is 4.79 Å². The Morgan fingerprint density at radius 2 is 2.12 bits per heavy atom. The summed E-state index contributed by atoms with van der Waals surface area (Å²) in [5.41, 5.74) is 0.350. The number of halogens is 1. The van der Waals surface area contributed by atoms with Gasteiger partial charge in [0.05, 0.1) is 6.04 Å². The van der Waals surface area contributed by atoms with Crippen LogP contribution in [-0.2, 0) is 14.3 Å². The minimum absolute atomic E-state index is 0. The van der Waals surface area contributed by atoms with Crippen molar-refractivity contribution in [1.82, 2.24) is 4.90 Å². The molecule has 16 heavy (non-hydrogen) atoms. The van der Waals surface area contributed by atoms with Crippen LogP contribution < -0.4 is 0 Å². The van der Waals surface area contributed by atoms with E-state index in [1.165, 1.54) is 7.11 Å². The number of nitrogens with zero attached hydrogens (tertiary/aromatic N) is 1. The van der Waals surface area contributed by atoms with Gasteiger partial charge in [0.25, 0.3) is 0 Å². The number of ketones is 1. The molecule has 1 heterocycles. The molecule has 4 nitrogen and oxygen atoms in total. The zero-order valence-corrected chi connectivity index (χ0v) is 10.7. The number of carbonyl (C=O) groups excluding carboxylic acids is 2. The molecule has 5 heteroatoms. The average Bonchev–Trinajstić information content (AvgIpc) is 2.48. The van der Waals surface area contributed by atoms with Gasteiger partial charge in [0.15, 0.2) is 11.9 Å². The first-order chi connectivity index (χ1) is 7.17. The molecule has 0 aromatic carbocycles. The molecular formula is C11H18ClNO3. The number of methoxy groups -OCH3 is 1. The van der Waals surface area contributed by atoms with E-state index in [1.54, 1.807) is 11.8 Å². The van der Waals surface area contributed by atoms with Crippen LogP contribution in [0.1, 0.15) is 26.7 Å². The summed E-state index contributed by atoms with van der Waals surface area (Å²) < 4.78 is 5.02. The van der Waals surface area contributed by atoms with E-state index < -0.39 is 6.10 Å². The van der Waals surface area contributed by atoms with Crippen molar-refractivity contribution in [2.24, 2.45) is 0 Å². The highest BCUT2D eigenvalue weighted by Crippen LogP contribution is 2.25. The van der Waals surface area contributed by atoms with Crippen molar-refractivity contribution in [3.05, 3.63) is 5.70 Å². The number of likely N-dealkylation sites (tertiary alicyclic amines) is 1. The number of rotatable bonds is 4. The zero-order chi connectivity index (χ0) is 11.4. The highest BCUT2D eigenvalue weighted by atomic mass is 35.5. The van der Waals surface area contributed by atoms with E-state index in [-0.39, 0.29) is 24.2 Å². The molecule has 1 aliphatic heterocycles. The van der Waals surface area contributed by atoms with Crippen LogP contribution >= 0.6 is 12.4 Å². The molecule has 0 amide bonds. The summed E-state index contributed by atoms with van der Waals surface area (Å²) in [7, 11) is 1.44. The van der Waals surface area contributed by atoms with Gasteiger partial charge in [0.2, 0.25) is 0 Å². The number of carbonyl (C=O) groups is 1. The lowest BCUT2D eigenvalue weighted by Crippen LogP contribution is -2.30. The molecule has 1 saturated heterocycles. The highest BCUT2D eigenvalue weighted by molar-refractivity contribution is 5.96. The smallest absolute Gasteiger partial charge is 0.190 e. The molecule has 2 unspecified atom stereocenters. The van der Waals surface area contributed by atoms with Gasteiger partial charge in [-0.25, -0.2) is 4.79 Å². The van der Waals surface area contributed by atoms with Crippen molar-refractivity contribution in [1.29, 1.82) is 0 Å². The summed E-state index contributed by atoms with van der Waals surface area (Å²) in [5.74, 6) is 1.78. The number of Topliss-reactive ketones (excluding diaryl/α,β-unsaturated/α-hetero) is 1. The van der Waals surface area contributed by atoms with Gasteiger partial charge in [0, 0.05) is 13.7 Å². The molecule has 0 spiro atoms. The van der Waals surface area contributed by atoms with E-state index >= 15 is 0 Å². The summed E-state index contributed by atoms with van der Waals surface area (Å²) >= 11 is 0. The molecule has 0 radical (unpaired) electrons. The fourth-order valence-corrected chi connectivity index (χ4v) is 1.85. The van der Waals surface area contributed by atoms with E-state index in [9.17, 15) is 9.59 Å². The molecule has 2 atom stereocenters. The fourth-order valence-electron chi connectivity index (χ4n) is 1.85. The van der Waals surface area contributed by atoms with Gasteiger partial charge in [-0.15, -0.1) is 12.4 Å². The van der Waals surface area contributed by atoms with Crippen LogP contribution in [0.4, 0.5) is 0 Å². The van der Waals surface area contributed by atoms with Crippen LogP contribution in [0, 0.1) is 0 Å². The van der Waals surface area contributed by atoms with Crippen LogP contribution in [0.15, 0.2) is 5.70 Å². The molecule has 0 aromatic rings. The van der Waals surface area contributed by atoms with Gasteiger partial charge >= 0.3 is 0 Å². The van der Waals surface area contributed by atoms with Gasteiger partial charge in [0.1, 0.15) is 11.6 Å². The first kappa shape index (κ1) is 15.2. The Balaban J connectivity index is 0.00000225. The fraction of sp³-hybridized carbons (Fsp3) is 0.727. The minimum atomic E-state index is -0.714. The first-order valence-electron chi connectivity index (χ1n) is 5.25. The predicted octanol–water partition coefficient (Wildman–Crippen LogP) is 1.21. The predicted molar refractivity (Wildman–Crippen MR) is 63.3 cm³/mol. The summed E-state index contributed by atoms with van der Waals surface area (Å²) in [6.07, 6.45) is 1.27. The maximum Gasteiger partial charge on any atom is 0.190 e. The Morgan fingerprint density at radius 1 is 1.50 bits per heavy atom.